The molecule has 0 aromatic carbocycles. The third-order valence-electron chi connectivity index (χ3n) is 2.21. The molecule has 0 unspecified atom stereocenters. The Labute approximate surface area is 80.4 Å². The molecule has 13 heavy (non-hydrogen) atoms. The molecule has 0 atom stereocenters. The number of aromatic nitrogens is 1. The number of rotatable bonds is 3. The van der Waals surface area contributed by atoms with Gasteiger partial charge in [-0.25, -0.2) is 4.98 Å². The molecule has 0 bridgehead atoms. The zero-order valence-corrected chi connectivity index (χ0v) is 8.89. The Hall–Kier alpha value is -1.05. The zero-order valence-electron chi connectivity index (χ0n) is 8.89. The Morgan fingerprint density at radius 1 is 1.38 bits per heavy atom. The van der Waals surface area contributed by atoms with E-state index in [0.29, 0.717) is 5.92 Å². The van der Waals surface area contributed by atoms with Gasteiger partial charge >= 0.3 is 0 Å². The van der Waals surface area contributed by atoms with Crippen molar-refractivity contribution in [3.8, 4) is 0 Å². The van der Waals surface area contributed by atoms with Crippen LogP contribution >= 0.6 is 0 Å². The highest BCUT2D eigenvalue weighted by Gasteiger charge is 2.04. The van der Waals surface area contributed by atoms with Gasteiger partial charge < -0.3 is 5.32 Å². The second-order valence-corrected chi connectivity index (χ2v) is 3.50. The maximum Gasteiger partial charge on any atom is 0.129 e. The largest absolute Gasteiger partial charge is 0.373 e. The second kappa shape index (κ2) is 4.26. The van der Waals surface area contributed by atoms with Gasteiger partial charge in [-0.2, -0.15) is 0 Å². The van der Waals surface area contributed by atoms with Crippen molar-refractivity contribution in [2.24, 2.45) is 0 Å². The van der Waals surface area contributed by atoms with Crippen molar-refractivity contribution in [2.75, 3.05) is 12.4 Å². The molecule has 1 rings (SSSR count). The minimum Gasteiger partial charge on any atom is -0.373 e. The van der Waals surface area contributed by atoms with E-state index in [0.717, 1.165) is 17.9 Å². The van der Waals surface area contributed by atoms with Crippen molar-refractivity contribution in [2.45, 2.75) is 33.1 Å². The fourth-order valence-electron chi connectivity index (χ4n) is 1.33. The average molecular weight is 178 g/mol. The molecule has 2 heteroatoms. The summed E-state index contributed by atoms with van der Waals surface area (Å²) in [5, 5.41) is 3.13. The highest BCUT2D eigenvalue weighted by Crippen LogP contribution is 2.18. The Morgan fingerprint density at radius 3 is 2.54 bits per heavy atom. The van der Waals surface area contributed by atoms with Crippen LogP contribution in [0.25, 0.3) is 0 Å². The summed E-state index contributed by atoms with van der Waals surface area (Å²) in [6, 6.07) is 4.28. The summed E-state index contributed by atoms with van der Waals surface area (Å²) in [4.78, 5) is 4.55. The summed E-state index contributed by atoms with van der Waals surface area (Å²) in [7, 11) is 1.92. The fourth-order valence-corrected chi connectivity index (χ4v) is 1.33. The van der Waals surface area contributed by atoms with Gasteiger partial charge in [0.05, 0.1) is 0 Å². The lowest BCUT2D eigenvalue weighted by Gasteiger charge is -2.10. The van der Waals surface area contributed by atoms with Crippen LogP contribution in [0.5, 0.6) is 0 Å². The third kappa shape index (κ3) is 2.20. The van der Waals surface area contributed by atoms with Gasteiger partial charge in [0.15, 0.2) is 0 Å². The molecule has 1 heterocycles. The van der Waals surface area contributed by atoms with E-state index in [-0.39, 0.29) is 0 Å². The van der Waals surface area contributed by atoms with Crippen LogP contribution in [-0.2, 0) is 6.42 Å². The van der Waals surface area contributed by atoms with Crippen LogP contribution in [0.1, 0.15) is 37.9 Å². The lowest BCUT2D eigenvalue weighted by Crippen LogP contribution is -2.01. The number of hydrogen-bond donors (Lipinski definition) is 1. The van der Waals surface area contributed by atoms with E-state index >= 15 is 0 Å². The molecule has 72 valence electrons. The molecule has 0 aliphatic carbocycles. The van der Waals surface area contributed by atoms with E-state index in [1.54, 1.807) is 0 Å². The van der Waals surface area contributed by atoms with Crippen LogP contribution < -0.4 is 5.32 Å². The number of aryl methyl sites for hydroxylation is 1. The lowest BCUT2D eigenvalue weighted by atomic mass is 10.1. The molecule has 0 spiro atoms. The van der Waals surface area contributed by atoms with Gasteiger partial charge in [-0.3, -0.25) is 0 Å². The molecule has 0 radical (unpaired) electrons. The molecule has 2 nitrogen and oxygen atoms in total. The summed E-state index contributed by atoms with van der Waals surface area (Å²) >= 11 is 0. The number of anilines is 1. The van der Waals surface area contributed by atoms with Crippen molar-refractivity contribution in [3.05, 3.63) is 23.4 Å². The van der Waals surface area contributed by atoms with Crippen LogP contribution in [0.3, 0.4) is 0 Å². The number of hydrogen-bond acceptors (Lipinski definition) is 2. The third-order valence-corrected chi connectivity index (χ3v) is 2.21. The molecular formula is C11H18N2. The maximum absolute atomic E-state index is 4.55. The van der Waals surface area contributed by atoms with Gasteiger partial charge in [0.2, 0.25) is 0 Å². The summed E-state index contributed by atoms with van der Waals surface area (Å²) in [5.41, 5.74) is 2.44. The van der Waals surface area contributed by atoms with E-state index in [1.807, 2.05) is 7.05 Å². The summed E-state index contributed by atoms with van der Waals surface area (Å²) < 4.78 is 0. The normalized spacial score (nSPS) is 10.5. The van der Waals surface area contributed by atoms with E-state index < -0.39 is 0 Å². The number of pyridine rings is 1. The minimum atomic E-state index is 0.498. The molecule has 0 aliphatic rings. The van der Waals surface area contributed by atoms with Crippen molar-refractivity contribution < 1.29 is 0 Å². The lowest BCUT2D eigenvalue weighted by molar-refractivity contribution is 0.820. The van der Waals surface area contributed by atoms with Gasteiger partial charge in [-0.15, -0.1) is 0 Å². The molecule has 0 fully saturated rings. The number of nitrogens with zero attached hydrogens (tertiary/aromatic N) is 1. The van der Waals surface area contributed by atoms with Gasteiger partial charge in [-0.05, 0) is 24.0 Å². The van der Waals surface area contributed by atoms with Gasteiger partial charge in [-0.1, -0.05) is 26.8 Å². The van der Waals surface area contributed by atoms with Crippen LogP contribution in [0, 0.1) is 0 Å². The highest BCUT2D eigenvalue weighted by molar-refractivity contribution is 5.44. The molecule has 1 N–H and O–H groups in total. The van der Waals surface area contributed by atoms with Crippen LogP contribution in [-0.4, -0.2) is 12.0 Å². The SMILES string of the molecule is CCc1ccc(C(C)C)nc1NC. The molecule has 0 saturated heterocycles. The van der Waals surface area contributed by atoms with Crippen LogP contribution in [0.4, 0.5) is 5.82 Å². The van der Waals surface area contributed by atoms with Crippen LogP contribution in [0.2, 0.25) is 0 Å². The van der Waals surface area contributed by atoms with Crippen molar-refractivity contribution in [1.82, 2.24) is 4.98 Å². The topological polar surface area (TPSA) is 24.9 Å². The molecule has 1 aromatic heterocycles. The van der Waals surface area contributed by atoms with E-state index in [4.69, 9.17) is 0 Å². The predicted molar refractivity (Wildman–Crippen MR) is 57.3 cm³/mol. The standard InChI is InChI=1S/C11H18N2/c1-5-9-6-7-10(8(2)3)13-11(9)12-4/h6-8H,5H2,1-4H3,(H,12,13). The molecular weight excluding hydrogens is 160 g/mol. The molecule has 0 amide bonds. The smallest absolute Gasteiger partial charge is 0.129 e. The monoisotopic (exact) mass is 178 g/mol. The summed E-state index contributed by atoms with van der Waals surface area (Å²) in [6.07, 6.45) is 1.03. The minimum absolute atomic E-state index is 0.498. The summed E-state index contributed by atoms with van der Waals surface area (Å²) in [5.74, 6) is 1.52. The van der Waals surface area contributed by atoms with E-state index in [9.17, 15) is 0 Å². The number of nitrogens with one attached hydrogen (secondary N) is 1. The first-order valence-electron chi connectivity index (χ1n) is 4.86. The quantitative estimate of drug-likeness (QED) is 0.769. The van der Waals surface area contributed by atoms with E-state index in [2.05, 4.69) is 43.2 Å². The first-order chi connectivity index (χ1) is 6.19. The van der Waals surface area contributed by atoms with Gasteiger partial charge in [0.25, 0.3) is 0 Å². The fraction of sp³-hybridized carbons (Fsp3) is 0.545. The van der Waals surface area contributed by atoms with E-state index in [1.165, 1.54) is 5.56 Å². The molecule has 0 saturated carbocycles. The van der Waals surface area contributed by atoms with Crippen molar-refractivity contribution in [1.29, 1.82) is 0 Å². The Morgan fingerprint density at radius 2 is 2.08 bits per heavy atom. The Balaban J connectivity index is 3.05. The Kier molecular flexibility index (Phi) is 3.29. The highest BCUT2D eigenvalue weighted by atomic mass is 15.0. The Bertz CT molecular complexity index is 279. The zero-order chi connectivity index (χ0) is 9.84. The maximum atomic E-state index is 4.55. The average Bonchev–Trinajstić information content (AvgIpc) is 2.16. The predicted octanol–water partition coefficient (Wildman–Crippen LogP) is 2.81. The first-order valence-corrected chi connectivity index (χ1v) is 4.86. The van der Waals surface area contributed by atoms with Gasteiger partial charge in [0.1, 0.15) is 5.82 Å². The molecule has 0 aliphatic heterocycles. The first kappa shape index (κ1) is 10.0. The molecule has 1 aromatic rings. The van der Waals surface area contributed by atoms with Gasteiger partial charge in [0, 0.05) is 12.7 Å². The summed E-state index contributed by atoms with van der Waals surface area (Å²) in [6.45, 7) is 6.47. The van der Waals surface area contributed by atoms with Crippen molar-refractivity contribution >= 4 is 5.82 Å². The van der Waals surface area contributed by atoms with Crippen molar-refractivity contribution in [3.63, 3.8) is 0 Å². The van der Waals surface area contributed by atoms with Crippen LogP contribution in [0.15, 0.2) is 12.1 Å². The second-order valence-electron chi connectivity index (χ2n) is 3.50.